The van der Waals surface area contributed by atoms with E-state index in [2.05, 4.69) is 5.10 Å². The van der Waals surface area contributed by atoms with Crippen LogP contribution in [0.1, 0.15) is 16.1 Å². The molecule has 0 unspecified atom stereocenters. The van der Waals surface area contributed by atoms with Crippen molar-refractivity contribution in [2.45, 2.75) is 6.54 Å². The number of carbonyl (C=O) groups excluding carboxylic acids is 1. The minimum atomic E-state index is -0.987. The highest BCUT2D eigenvalue weighted by molar-refractivity contribution is 5.88. The van der Waals surface area contributed by atoms with Crippen LogP contribution in [0.3, 0.4) is 0 Å². The van der Waals surface area contributed by atoms with Crippen LogP contribution in [-0.2, 0) is 18.4 Å². The second kappa shape index (κ2) is 4.77. The lowest BCUT2D eigenvalue weighted by Crippen LogP contribution is -2.48. The first-order valence-electron chi connectivity index (χ1n) is 5.69. The summed E-state index contributed by atoms with van der Waals surface area (Å²) in [5, 5.41) is 13.0. The van der Waals surface area contributed by atoms with Crippen molar-refractivity contribution in [3.63, 3.8) is 0 Å². The van der Waals surface area contributed by atoms with Gasteiger partial charge in [0.05, 0.1) is 18.4 Å². The van der Waals surface area contributed by atoms with Crippen molar-refractivity contribution in [1.29, 1.82) is 0 Å². The molecule has 1 aromatic heterocycles. The van der Waals surface area contributed by atoms with Gasteiger partial charge in [0.1, 0.15) is 5.56 Å². The number of aromatic carboxylic acids is 1. The molecule has 0 spiro atoms. The Labute approximate surface area is 105 Å². The standard InChI is InChI=1S/C11H16N4O3/c1-13-3-4-15(7-10(13)16)6-9-8(11(17)18)5-12-14(9)2/h5H,3-4,6-7H2,1-2H3,(H,17,18). The van der Waals surface area contributed by atoms with Gasteiger partial charge < -0.3 is 10.0 Å². The number of amides is 1. The third kappa shape index (κ3) is 2.35. The molecule has 0 aliphatic carbocycles. The molecule has 98 valence electrons. The molecule has 1 N–H and O–H groups in total. The molecule has 1 saturated heterocycles. The van der Waals surface area contributed by atoms with Crippen LogP contribution in [0.25, 0.3) is 0 Å². The summed E-state index contributed by atoms with van der Waals surface area (Å²) in [6.07, 6.45) is 1.34. The van der Waals surface area contributed by atoms with E-state index in [0.29, 0.717) is 25.3 Å². The Morgan fingerprint density at radius 1 is 1.44 bits per heavy atom. The number of carboxylic acid groups (broad SMARTS) is 1. The Balaban J connectivity index is 2.12. The first-order chi connectivity index (χ1) is 8.49. The topological polar surface area (TPSA) is 78.7 Å². The highest BCUT2D eigenvalue weighted by atomic mass is 16.4. The van der Waals surface area contributed by atoms with E-state index in [1.54, 1.807) is 23.7 Å². The van der Waals surface area contributed by atoms with Crippen molar-refractivity contribution in [3.8, 4) is 0 Å². The SMILES string of the molecule is CN1CCN(Cc2c(C(=O)O)cnn2C)CC1=O. The van der Waals surface area contributed by atoms with E-state index in [0.717, 1.165) is 6.54 Å². The van der Waals surface area contributed by atoms with Gasteiger partial charge in [0.2, 0.25) is 5.91 Å². The average molecular weight is 252 g/mol. The normalized spacial score (nSPS) is 17.2. The van der Waals surface area contributed by atoms with E-state index in [1.807, 2.05) is 4.90 Å². The first kappa shape index (κ1) is 12.6. The number of carboxylic acids is 1. The zero-order chi connectivity index (χ0) is 13.3. The van der Waals surface area contributed by atoms with E-state index in [4.69, 9.17) is 5.11 Å². The fourth-order valence-electron chi connectivity index (χ4n) is 1.98. The Hall–Kier alpha value is -1.89. The van der Waals surface area contributed by atoms with Crippen LogP contribution in [0, 0.1) is 0 Å². The number of hydrogen-bond acceptors (Lipinski definition) is 4. The Morgan fingerprint density at radius 2 is 2.17 bits per heavy atom. The first-order valence-corrected chi connectivity index (χ1v) is 5.69. The molecule has 1 aliphatic rings. The minimum Gasteiger partial charge on any atom is -0.478 e. The molecule has 0 bridgehead atoms. The summed E-state index contributed by atoms with van der Waals surface area (Å²) in [6.45, 7) is 2.16. The molecular formula is C11H16N4O3. The number of piperazine rings is 1. The molecule has 0 radical (unpaired) electrons. The van der Waals surface area contributed by atoms with Crippen molar-refractivity contribution in [2.24, 2.45) is 7.05 Å². The van der Waals surface area contributed by atoms with Gasteiger partial charge >= 0.3 is 5.97 Å². The lowest BCUT2D eigenvalue weighted by Gasteiger charge is -2.31. The number of hydrogen-bond donors (Lipinski definition) is 1. The molecule has 0 atom stereocenters. The van der Waals surface area contributed by atoms with Gasteiger partial charge in [0.25, 0.3) is 0 Å². The van der Waals surface area contributed by atoms with Crippen LogP contribution >= 0.6 is 0 Å². The summed E-state index contributed by atoms with van der Waals surface area (Å²) in [5.41, 5.74) is 0.823. The van der Waals surface area contributed by atoms with Gasteiger partial charge in [0, 0.05) is 33.7 Å². The fourth-order valence-corrected chi connectivity index (χ4v) is 1.98. The van der Waals surface area contributed by atoms with Crippen LogP contribution < -0.4 is 0 Å². The van der Waals surface area contributed by atoms with Crippen molar-refractivity contribution in [2.75, 3.05) is 26.7 Å². The smallest absolute Gasteiger partial charge is 0.339 e. The van der Waals surface area contributed by atoms with Crippen LogP contribution in [0.2, 0.25) is 0 Å². The molecule has 1 aliphatic heterocycles. The number of likely N-dealkylation sites (N-methyl/N-ethyl adjacent to an activating group) is 1. The summed E-state index contributed by atoms with van der Waals surface area (Å²) >= 11 is 0. The quantitative estimate of drug-likeness (QED) is 0.776. The Bertz CT molecular complexity index is 483. The van der Waals surface area contributed by atoms with Gasteiger partial charge in [-0.2, -0.15) is 5.10 Å². The summed E-state index contributed by atoms with van der Waals surface area (Å²) in [6, 6.07) is 0. The van der Waals surface area contributed by atoms with E-state index in [9.17, 15) is 9.59 Å². The number of aryl methyl sites for hydroxylation is 1. The van der Waals surface area contributed by atoms with Crippen molar-refractivity contribution >= 4 is 11.9 Å². The molecule has 2 heterocycles. The lowest BCUT2D eigenvalue weighted by atomic mass is 10.2. The van der Waals surface area contributed by atoms with E-state index >= 15 is 0 Å². The van der Waals surface area contributed by atoms with Gasteiger partial charge in [-0.15, -0.1) is 0 Å². The molecule has 18 heavy (non-hydrogen) atoms. The van der Waals surface area contributed by atoms with Crippen molar-refractivity contribution in [3.05, 3.63) is 17.5 Å². The highest BCUT2D eigenvalue weighted by Crippen LogP contribution is 2.12. The van der Waals surface area contributed by atoms with E-state index in [-0.39, 0.29) is 11.5 Å². The molecule has 7 heteroatoms. The summed E-state index contributed by atoms with van der Waals surface area (Å²) in [4.78, 5) is 26.2. The zero-order valence-electron chi connectivity index (χ0n) is 10.5. The minimum absolute atomic E-state index is 0.0558. The van der Waals surface area contributed by atoms with Gasteiger partial charge in [-0.1, -0.05) is 0 Å². The molecule has 1 fully saturated rings. The number of carbonyl (C=O) groups is 2. The third-order valence-corrected chi connectivity index (χ3v) is 3.20. The van der Waals surface area contributed by atoms with Crippen LogP contribution in [-0.4, -0.2) is 63.2 Å². The van der Waals surface area contributed by atoms with Gasteiger partial charge in [0.15, 0.2) is 0 Å². The molecular weight excluding hydrogens is 236 g/mol. The van der Waals surface area contributed by atoms with Crippen LogP contribution in [0.5, 0.6) is 0 Å². The lowest BCUT2D eigenvalue weighted by molar-refractivity contribution is -0.134. The van der Waals surface area contributed by atoms with E-state index < -0.39 is 5.97 Å². The molecule has 1 aromatic rings. The van der Waals surface area contributed by atoms with Crippen LogP contribution in [0.4, 0.5) is 0 Å². The number of aromatic nitrogens is 2. The number of rotatable bonds is 3. The van der Waals surface area contributed by atoms with Crippen molar-refractivity contribution in [1.82, 2.24) is 19.6 Å². The van der Waals surface area contributed by atoms with Gasteiger partial charge in [-0.3, -0.25) is 14.4 Å². The van der Waals surface area contributed by atoms with E-state index in [1.165, 1.54) is 6.20 Å². The maximum atomic E-state index is 11.6. The van der Waals surface area contributed by atoms with Gasteiger partial charge in [-0.25, -0.2) is 4.79 Å². The second-order valence-corrected chi connectivity index (χ2v) is 4.46. The Kier molecular flexibility index (Phi) is 3.33. The molecule has 1 amide bonds. The predicted molar refractivity (Wildman–Crippen MR) is 63.1 cm³/mol. The average Bonchev–Trinajstić information content (AvgIpc) is 2.66. The summed E-state index contributed by atoms with van der Waals surface area (Å²) in [7, 11) is 3.48. The molecule has 7 nitrogen and oxygen atoms in total. The van der Waals surface area contributed by atoms with Crippen molar-refractivity contribution < 1.29 is 14.7 Å². The largest absolute Gasteiger partial charge is 0.478 e. The maximum Gasteiger partial charge on any atom is 0.339 e. The third-order valence-electron chi connectivity index (χ3n) is 3.20. The zero-order valence-corrected chi connectivity index (χ0v) is 10.5. The Morgan fingerprint density at radius 3 is 2.78 bits per heavy atom. The fraction of sp³-hybridized carbons (Fsp3) is 0.545. The molecule has 0 aromatic carbocycles. The number of nitrogens with zero attached hydrogens (tertiary/aromatic N) is 4. The molecule has 2 rings (SSSR count). The second-order valence-electron chi connectivity index (χ2n) is 4.46. The molecule has 0 saturated carbocycles. The van der Waals surface area contributed by atoms with Crippen LogP contribution in [0.15, 0.2) is 6.20 Å². The summed E-state index contributed by atoms with van der Waals surface area (Å²) in [5.74, 6) is -0.932. The monoisotopic (exact) mass is 252 g/mol. The van der Waals surface area contributed by atoms with Gasteiger partial charge in [-0.05, 0) is 0 Å². The highest BCUT2D eigenvalue weighted by Gasteiger charge is 2.24. The maximum absolute atomic E-state index is 11.6. The predicted octanol–water partition coefficient (Wildman–Crippen LogP) is -0.608. The summed E-state index contributed by atoms with van der Waals surface area (Å²) < 4.78 is 1.55.